The van der Waals surface area contributed by atoms with Crippen LogP contribution in [0.25, 0.3) is 0 Å². The number of amides is 1. The zero-order valence-corrected chi connectivity index (χ0v) is 15.3. The van der Waals surface area contributed by atoms with Crippen molar-refractivity contribution in [2.45, 2.75) is 6.92 Å². The molecule has 5 nitrogen and oxygen atoms in total. The second-order valence-corrected chi connectivity index (χ2v) is 5.84. The van der Waals surface area contributed by atoms with Crippen LogP contribution in [0, 0.1) is 9.39 Å². The van der Waals surface area contributed by atoms with E-state index >= 15 is 0 Å². The summed E-state index contributed by atoms with van der Waals surface area (Å²) in [4.78, 5) is 11.9. The zero-order chi connectivity index (χ0) is 17.5. The highest BCUT2D eigenvalue weighted by Crippen LogP contribution is 2.33. The fourth-order valence-corrected chi connectivity index (χ4v) is 2.71. The Morgan fingerprint density at radius 3 is 2.67 bits per heavy atom. The minimum Gasteiger partial charge on any atom is -0.493 e. The summed E-state index contributed by atoms with van der Waals surface area (Å²) < 4.78 is 24.6. The third-order valence-corrected chi connectivity index (χ3v) is 3.83. The topological polar surface area (TPSA) is 59.9 Å². The van der Waals surface area contributed by atoms with Crippen molar-refractivity contribution in [3.63, 3.8) is 0 Å². The van der Waals surface area contributed by atoms with Crippen molar-refractivity contribution < 1.29 is 18.7 Å². The maximum absolute atomic E-state index is 12.8. The van der Waals surface area contributed by atoms with E-state index < -0.39 is 11.7 Å². The smallest absolute Gasteiger partial charge is 0.271 e. The van der Waals surface area contributed by atoms with Gasteiger partial charge in [-0.25, -0.2) is 9.82 Å². The molecule has 0 aliphatic carbocycles. The van der Waals surface area contributed by atoms with Gasteiger partial charge in [0.05, 0.1) is 23.5 Å². The Hall–Kier alpha value is -2.16. The first-order valence-corrected chi connectivity index (χ1v) is 8.22. The van der Waals surface area contributed by atoms with E-state index in [0.29, 0.717) is 23.7 Å². The first-order chi connectivity index (χ1) is 11.5. The fourth-order valence-electron chi connectivity index (χ4n) is 1.93. The number of carbonyl (C=O) groups excluding carboxylic acids is 1. The molecule has 126 valence electrons. The SMILES string of the molecule is CCOc1c(I)cc(/C=N\NC(=O)c2ccc(F)cc2)cc1OC. The molecule has 2 rings (SSSR count). The van der Waals surface area contributed by atoms with Gasteiger partial charge in [-0.2, -0.15) is 5.10 Å². The highest BCUT2D eigenvalue weighted by molar-refractivity contribution is 14.1. The van der Waals surface area contributed by atoms with E-state index in [1.165, 1.54) is 30.5 Å². The van der Waals surface area contributed by atoms with Gasteiger partial charge in [-0.05, 0) is 71.5 Å². The van der Waals surface area contributed by atoms with E-state index in [1.807, 2.05) is 13.0 Å². The Kier molecular flexibility index (Phi) is 6.53. The van der Waals surface area contributed by atoms with Gasteiger partial charge in [-0.3, -0.25) is 4.79 Å². The van der Waals surface area contributed by atoms with Crippen LogP contribution >= 0.6 is 22.6 Å². The molecular weight excluding hydrogens is 426 g/mol. The van der Waals surface area contributed by atoms with Crippen LogP contribution in [0.2, 0.25) is 0 Å². The summed E-state index contributed by atoms with van der Waals surface area (Å²) in [7, 11) is 1.56. The fraction of sp³-hybridized carbons (Fsp3) is 0.176. The van der Waals surface area contributed by atoms with Gasteiger partial charge in [-0.15, -0.1) is 0 Å². The van der Waals surface area contributed by atoms with Crippen LogP contribution in [-0.4, -0.2) is 25.8 Å². The maximum atomic E-state index is 12.8. The molecule has 0 aliphatic heterocycles. The molecule has 2 aromatic rings. The Balaban J connectivity index is 2.10. The normalized spacial score (nSPS) is 10.7. The Bertz CT molecular complexity index is 748. The molecule has 24 heavy (non-hydrogen) atoms. The van der Waals surface area contributed by atoms with Crippen LogP contribution in [0.15, 0.2) is 41.5 Å². The van der Waals surface area contributed by atoms with E-state index in [2.05, 4.69) is 33.1 Å². The third-order valence-electron chi connectivity index (χ3n) is 3.03. The molecule has 0 heterocycles. The number of methoxy groups -OCH3 is 1. The Morgan fingerprint density at radius 1 is 1.33 bits per heavy atom. The summed E-state index contributed by atoms with van der Waals surface area (Å²) in [6, 6.07) is 8.85. The van der Waals surface area contributed by atoms with Gasteiger partial charge < -0.3 is 9.47 Å². The Labute approximate surface area is 153 Å². The largest absolute Gasteiger partial charge is 0.493 e. The van der Waals surface area contributed by atoms with Crippen LogP contribution < -0.4 is 14.9 Å². The molecule has 2 aromatic carbocycles. The van der Waals surface area contributed by atoms with E-state index in [0.717, 1.165) is 9.13 Å². The summed E-state index contributed by atoms with van der Waals surface area (Å²) in [5, 5.41) is 3.91. The predicted molar refractivity (Wildman–Crippen MR) is 98.3 cm³/mol. The van der Waals surface area contributed by atoms with E-state index in [4.69, 9.17) is 9.47 Å². The van der Waals surface area contributed by atoms with E-state index in [1.54, 1.807) is 13.2 Å². The average molecular weight is 442 g/mol. The first kappa shape index (κ1) is 18.2. The lowest BCUT2D eigenvalue weighted by Gasteiger charge is -2.12. The number of benzene rings is 2. The number of nitrogens with zero attached hydrogens (tertiary/aromatic N) is 1. The van der Waals surface area contributed by atoms with E-state index in [-0.39, 0.29) is 0 Å². The average Bonchev–Trinajstić information content (AvgIpc) is 2.57. The number of hydrogen-bond acceptors (Lipinski definition) is 4. The number of halogens is 2. The quantitative estimate of drug-likeness (QED) is 0.423. The molecule has 0 radical (unpaired) electrons. The molecule has 1 N–H and O–H groups in total. The number of ether oxygens (including phenoxy) is 2. The highest BCUT2D eigenvalue weighted by Gasteiger charge is 2.10. The van der Waals surface area contributed by atoms with Crippen molar-refractivity contribution in [2.24, 2.45) is 5.10 Å². The van der Waals surface area contributed by atoms with Crippen LogP contribution in [0.3, 0.4) is 0 Å². The predicted octanol–water partition coefficient (Wildman–Crippen LogP) is 3.60. The van der Waals surface area contributed by atoms with E-state index in [9.17, 15) is 9.18 Å². The lowest BCUT2D eigenvalue weighted by Crippen LogP contribution is -2.17. The van der Waals surface area contributed by atoms with Gasteiger partial charge in [-0.1, -0.05) is 0 Å². The molecule has 0 aliphatic rings. The number of hydrazone groups is 1. The van der Waals surface area contributed by atoms with Crippen LogP contribution in [-0.2, 0) is 0 Å². The van der Waals surface area contributed by atoms with Crippen molar-refractivity contribution in [2.75, 3.05) is 13.7 Å². The first-order valence-electron chi connectivity index (χ1n) is 7.14. The molecule has 0 saturated carbocycles. The summed E-state index contributed by atoms with van der Waals surface area (Å²) in [5.74, 6) is 0.452. The van der Waals surface area contributed by atoms with Gasteiger partial charge >= 0.3 is 0 Å². The third kappa shape index (κ3) is 4.67. The molecule has 0 saturated heterocycles. The van der Waals surface area contributed by atoms with Crippen molar-refractivity contribution in [1.82, 2.24) is 5.43 Å². The molecular formula is C17H16FIN2O3. The molecule has 0 unspecified atom stereocenters. The number of carbonyl (C=O) groups is 1. The standard InChI is InChI=1S/C17H16FIN2O3/c1-3-24-16-14(19)8-11(9-15(16)23-2)10-20-21-17(22)12-4-6-13(18)7-5-12/h4-10H,3H2,1-2H3,(H,21,22)/b20-10-. The molecule has 0 spiro atoms. The van der Waals surface area contributed by atoms with Crippen LogP contribution in [0.1, 0.15) is 22.8 Å². The lowest BCUT2D eigenvalue weighted by molar-refractivity contribution is 0.0955. The molecule has 1 amide bonds. The number of rotatable bonds is 6. The summed E-state index contributed by atoms with van der Waals surface area (Å²) >= 11 is 2.15. The molecule has 0 aromatic heterocycles. The summed E-state index contributed by atoms with van der Waals surface area (Å²) in [6.45, 7) is 2.43. The molecule has 0 bridgehead atoms. The summed E-state index contributed by atoms with van der Waals surface area (Å²) in [5.41, 5.74) is 3.47. The van der Waals surface area contributed by atoms with Gasteiger partial charge in [0.15, 0.2) is 11.5 Å². The van der Waals surface area contributed by atoms with Crippen molar-refractivity contribution >= 4 is 34.7 Å². The molecule has 0 fully saturated rings. The highest BCUT2D eigenvalue weighted by atomic mass is 127. The van der Waals surface area contributed by atoms with Gasteiger partial charge in [0.25, 0.3) is 5.91 Å². The van der Waals surface area contributed by atoms with Crippen molar-refractivity contribution in [3.8, 4) is 11.5 Å². The van der Waals surface area contributed by atoms with Gasteiger partial charge in [0.2, 0.25) is 0 Å². The monoisotopic (exact) mass is 442 g/mol. The lowest BCUT2D eigenvalue weighted by atomic mass is 10.2. The second-order valence-electron chi connectivity index (χ2n) is 4.67. The van der Waals surface area contributed by atoms with Crippen LogP contribution in [0.5, 0.6) is 11.5 Å². The van der Waals surface area contributed by atoms with Crippen molar-refractivity contribution in [3.05, 3.63) is 56.9 Å². The Morgan fingerprint density at radius 2 is 2.04 bits per heavy atom. The molecule has 0 atom stereocenters. The summed E-state index contributed by atoms with van der Waals surface area (Å²) in [6.07, 6.45) is 1.50. The minimum absolute atomic E-state index is 0.326. The minimum atomic E-state index is -0.418. The van der Waals surface area contributed by atoms with Crippen LogP contribution in [0.4, 0.5) is 4.39 Å². The second kappa shape index (κ2) is 8.62. The number of nitrogens with one attached hydrogen (secondary N) is 1. The van der Waals surface area contributed by atoms with Crippen molar-refractivity contribution in [1.29, 1.82) is 0 Å². The molecule has 7 heteroatoms. The van der Waals surface area contributed by atoms with Gasteiger partial charge in [0.1, 0.15) is 5.82 Å². The number of hydrogen-bond donors (Lipinski definition) is 1. The van der Waals surface area contributed by atoms with Gasteiger partial charge in [0, 0.05) is 5.56 Å². The zero-order valence-electron chi connectivity index (χ0n) is 13.2. The maximum Gasteiger partial charge on any atom is 0.271 e.